The highest BCUT2D eigenvalue weighted by molar-refractivity contribution is 7.91. The Morgan fingerprint density at radius 2 is 1.85 bits per heavy atom. The number of benzene rings is 1. The molecule has 0 amide bonds. The number of carbonyl (C=O) groups is 1. The fraction of sp³-hybridized carbons (Fsp3) is 0.154. The van der Waals surface area contributed by atoms with E-state index in [1.54, 1.807) is 18.2 Å². The van der Waals surface area contributed by atoms with Gasteiger partial charge in [-0.15, -0.1) is 0 Å². The zero-order valence-corrected chi connectivity index (χ0v) is 11.8. The number of nitrogens with zero attached hydrogens (tertiary/aromatic N) is 1. The molecule has 0 fully saturated rings. The van der Waals surface area contributed by atoms with Crippen LogP contribution in [0.2, 0.25) is 0 Å². The van der Waals surface area contributed by atoms with Gasteiger partial charge in [-0.25, -0.2) is 13.2 Å². The van der Waals surface area contributed by atoms with Crippen LogP contribution in [0.1, 0.15) is 10.5 Å². The maximum atomic E-state index is 12.5. The molecule has 7 heteroatoms. The molecule has 2 rings (SSSR count). The number of nitrogens with two attached hydrogens (primary N) is 1. The highest BCUT2D eigenvalue weighted by atomic mass is 32.2. The van der Waals surface area contributed by atoms with Crippen LogP contribution in [0.3, 0.4) is 0 Å². The highest BCUT2D eigenvalue weighted by Gasteiger charge is 2.27. The van der Waals surface area contributed by atoms with Gasteiger partial charge < -0.3 is 15.0 Å². The molecule has 6 nitrogen and oxygen atoms in total. The second-order valence-electron chi connectivity index (χ2n) is 4.17. The van der Waals surface area contributed by atoms with Crippen LogP contribution in [0, 0.1) is 0 Å². The Kier molecular flexibility index (Phi) is 3.54. The standard InChI is InChI=1S/C13H14N2O4S/c1-15-8-10(11(14)12(15)13(16)19-2)20(17,18)9-6-4-3-5-7-9/h3-8H,14H2,1-2H3. The minimum Gasteiger partial charge on any atom is -0.464 e. The summed E-state index contributed by atoms with van der Waals surface area (Å²) >= 11 is 0. The number of nitrogen functional groups attached to an aromatic ring is 1. The van der Waals surface area contributed by atoms with Crippen LogP contribution in [0.5, 0.6) is 0 Å². The van der Waals surface area contributed by atoms with E-state index in [2.05, 4.69) is 4.74 Å². The average molecular weight is 294 g/mol. The van der Waals surface area contributed by atoms with Gasteiger partial charge in [0, 0.05) is 13.2 Å². The van der Waals surface area contributed by atoms with Gasteiger partial charge in [0.05, 0.1) is 17.7 Å². The Morgan fingerprint density at radius 3 is 2.40 bits per heavy atom. The Bertz CT molecular complexity index is 748. The minimum absolute atomic E-state index is 0.0157. The lowest BCUT2D eigenvalue weighted by atomic mass is 10.4. The summed E-state index contributed by atoms with van der Waals surface area (Å²) in [5.74, 6) is -0.681. The summed E-state index contributed by atoms with van der Waals surface area (Å²) in [6.45, 7) is 0. The second kappa shape index (κ2) is 5.01. The molecule has 0 saturated carbocycles. The summed E-state index contributed by atoms with van der Waals surface area (Å²) in [5, 5.41) is 0. The molecular formula is C13H14N2O4S. The van der Waals surface area contributed by atoms with E-state index in [0.717, 1.165) is 0 Å². The van der Waals surface area contributed by atoms with Crippen LogP contribution in [0.4, 0.5) is 5.69 Å². The van der Waals surface area contributed by atoms with Crippen LogP contribution in [0.25, 0.3) is 0 Å². The normalized spacial score (nSPS) is 11.3. The number of methoxy groups -OCH3 is 1. The minimum atomic E-state index is -3.77. The van der Waals surface area contributed by atoms with Crippen molar-refractivity contribution in [2.45, 2.75) is 9.79 Å². The molecule has 0 bridgehead atoms. The van der Waals surface area contributed by atoms with Crippen LogP contribution in [-0.4, -0.2) is 26.1 Å². The summed E-state index contributed by atoms with van der Waals surface area (Å²) in [6.07, 6.45) is 1.31. The van der Waals surface area contributed by atoms with Gasteiger partial charge in [0.1, 0.15) is 4.90 Å². The number of esters is 1. The first-order valence-corrected chi connectivity index (χ1v) is 7.21. The number of hydrogen-bond acceptors (Lipinski definition) is 5. The van der Waals surface area contributed by atoms with Crippen molar-refractivity contribution in [3.05, 3.63) is 42.2 Å². The van der Waals surface area contributed by atoms with Gasteiger partial charge in [0.15, 0.2) is 5.69 Å². The van der Waals surface area contributed by atoms with Gasteiger partial charge in [-0.2, -0.15) is 0 Å². The number of aromatic nitrogens is 1. The molecule has 0 atom stereocenters. The van der Waals surface area contributed by atoms with Gasteiger partial charge in [-0.1, -0.05) is 18.2 Å². The molecule has 2 N–H and O–H groups in total. The predicted octanol–water partition coefficient (Wildman–Crippen LogP) is 1.23. The third-order valence-corrected chi connectivity index (χ3v) is 4.70. The van der Waals surface area contributed by atoms with E-state index in [4.69, 9.17) is 5.73 Å². The van der Waals surface area contributed by atoms with Crippen LogP contribution in [-0.2, 0) is 21.6 Å². The number of carbonyl (C=O) groups excluding carboxylic acids is 1. The van der Waals surface area contributed by atoms with Crippen LogP contribution >= 0.6 is 0 Å². The Labute approximate surface area is 116 Å². The first kappa shape index (κ1) is 14.1. The van der Waals surface area contributed by atoms with E-state index in [0.29, 0.717) is 0 Å². The zero-order valence-electron chi connectivity index (χ0n) is 11.0. The maximum absolute atomic E-state index is 12.5. The van der Waals surface area contributed by atoms with Gasteiger partial charge in [-0.05, 0) is 12.1 Å². The first-order valence-electron chi connectivity index (χ1n) is 5.73. The summed E-state index contributed by atoms with van der Waals surface area (Å²) in [5.41, 5.74) is 5.71. The Morgan fingerprint density at radius 1 is 1.25 bits per heavy atom. The lowest BCUT2D eigenvalue weighted by Gasteiger charge is -2.04. The second-order valence-corrected chi connectivity index (χ2v) is 6.09. The van der Waals surface area contributed by atoms with E-state index >= 15 is 0 Å². The van der Waals surface area contributed by atoms with Gasteiger partial charge >= 0.3 is 5.97 Å². The lowest BCUT2D eigenvalue weighted by Crippen LogP contribution is -2.10. The third kappa shape index (κ3) is 2.16. The quantitative estimate of drug-likeness (QED) is 0.860. The smallest absolute Gasteiger partial charge is 0.356 e. The number of rotatable bonds is 3. The SMILES string of the molecule is COC(=O)c1c(N)c(S(=O)(=O)c2ccccc2)cn1C. The van der Waals surface area contributed by atoms with E-state index in [1.165, 1.54) is 37.1 Å². The molecule has 0 radical (unpaired) electrons. The highest BCUT2D eigenvalue weighted by Crippen LogP contribution is 2.29. The molecule has 0 saturated heterocycles. The topological polar surface area (TPSA) is 91.4 Å². The number of sulfone groups is 1. The molecule has 106 valence electrons. The van der Waals surface area contributed by atoms with Crippen molar-refractivity contribution < 1.29 is 17.9 Å². The van der Waals surface area contributed by atoms with Crippen LogP contribution in [0.15, 0.2) is 46.3 Å². The fourth-order valence-corrected chi connectivity index (χ4v) is 3.36. The van der Waals surface area contributed by atoms with Crippen molar-refractivity contribution in [2.24, 2.45) is 7.05 Å². The number of anilines is 1. The molecule has 0 spiro atoms. The summed E-state index contributed by atoms with van der Waals surface area (Å²) in [4.78, 5) is 11.6. The van der Waals surface area contributed by atoms with Gasteiger partial charge in [0.2, 0.25) is 9.84 Å². The molecule has 2 aromatic rings. The third-order valence-electron chi connectivity index (χ3n) is 2.91. The van der Waals surface area contributed by atoms with Gasteiger partial charge in [0.25, 0.3) is 0 Å². The number of hydrogen-bond donors (Lipinski definition) is 1. The number of ether oxygens (including phenoxy) is 1. The van der Waals surface area contributed by atoms with Crippen LogP contribution < -0.4 is 5.73 Å². The number of aryl methyl sites for hydroxylation is 1. The van der Waals surface area contributed by atoms with Crippen molar-refractivity contribution in [2.75, 3.05) is 12.8 Å². The summed E-state index contributed by atoms with van der Waals surface area (Å²) in [6, 6.07) is 7.90. The monoisotopic (exact) mass is 294 g/mol. The first-order chi connectivity index (χ1) is 9.39. The molecule has 0 aliphatic heterocycles. The molecule has 0 aliphatic carbocycles. The van der Waals surface area contributed by atoms with E-state index < -0.39 is 15.8 Å². The molecule has 20 heavy (non-hydrogen) atoms. The Hall–Kier alpha value is -2.28. The Balaban J connectivity index is 2.63. The van der Waals surface area contributed by atoms with Crippen molar-refractivity contribution in [3.8, 4) is 0 Å². The van der Waals surface area contributed by atoms with Gasteiger partial charge in [-0.3, -0.25) is 0 Å². The molecular weight excluding hydrogens is 280 g/mol. The summed E-state index contributed by atoms with van der Waals surface area (Å²) in [7, 11) is -1.02. The van der Waals surface area contributed by atoms with Crippen molar-refractivity contribution in [1.29, 1.82) is 0 Å². The maximum Gasteiger partial charge on any atom is 0.356 e. The van der Waals surface area contributed by atoms with Crippen molar-refractivity contribution in [1.82, 2.24) is 4.57 Å². The van der Waals surface area contributed by atoms with E-state index in [9.17, 15) is 13.2 Å². The fourth-order valence-electron chi connectivity index (χ4n) is 1.91. The van der Waals surface area contributed by atoms with Crippen molar-refractivity contribution >= 4 is 21.5 Å². The van der Waals surface area contributed by atoms with E-state index in [1.807, 2.05) is 0 Å². The molecule has 1 aromatic heterocycles. The molecule has 0 aliphatic rings. The molecule has 1 heterocycles. The average Bonchev–Trinajstić information content (AvgIpc) is 2.75. The largest absolute Gasteiger partial charge is 0.464 e. The predicted molar refractivity (Wildman–Crippen MR) is 73.1 cm³/mol. The molecule has 1 aromatic carbocycles. The summed E-state index contributed by atoms with van der Waals surface area (Å²) < 4.78 is 30.9. The lowest BCUT2D eigenvalue weighted by molar-refractivity contribution is 0.0591. The molecule has 0 unspecified atom stereocenters. The van der Waals surface area contributed by atoms with Crippen molar-refractivity contribution in [3.63, 3.8) is 0 Å². The zero-order chi connectivity index (χ0) is 14.9. The van der Waals surface area contributed by atoms with E-state index in [-0.39, 0.29) is 21.2 Å².